The standard InChI is InChI=1S/C23H21NO5/c1-5-10-24-20(14-7-9-17(27-3)18(12-14)28-4)19-21(25)15-11-13(2)6-8-16(15)29-22(19)23(24)26/h5-9,11-12,20H,1,10H2,2-4H3/t20-/m0/s1. The topological polar surface area (TPSA) is 69.0 Å². The fourth-order valence-corrected chi connectivity index (χ4v) is 3.83. The Labute approximate surface area is 168 Å². The van der Waals surface area contributed by atoms with Crippen molar-refractivity contribution in [3.63, 3.8) is 0 Å². The summed E-state index contributed by atoms with van der Waals surface area (Å²) in [5.41, 5.74) is 2.21. The minimum Gasteiger partial charge on any atom is -0.493 e. The zero-order chi connectivity index (χ0) is 20.7. The first kappa shape index (κ1) is 18.8. The van der Waals surface area contributed by atoms with E-state index in [1.807, 2.05) is 19.1 Å². The highest BCUT2D eigenvalue weighted by atomic mass is 16.5. The van der Waals surface area contributed by atoms with Crippen molar-refractivity contribution in [3.8, 4) is 11.5 Å². The molecule has 4 rings (SSSR count). The number of benzene rings is 2. The lowest BCUT2D eigenvalue weighted by atomic mass is 9.97. The van der Waals surface area contributed by atoms with E-state index in [0.717, 1.165) is 11.1 Å². The Bertz CT molecular complexity index is 1190. The second-order valence-electron chi connectivity index (χ2n) is 6.94. The number of nitrogens with zero attached hydrogens (tertiary/aromatic N) is 1. The van der Waals surface area contributed by atoms with Crippen LogP contribution in [-0.4, -0.2) is 31.6 Å². The van der Waals surface area contributed by atoms with Gasteiger partial charge in [-0.2, -0.15) is 0 Å². The van der Waals surface area contributed by atoms with E-state index in [4.69, 9.17) is 13.9 Å². The summed E-state index contributed by atoms with van der Waals surface area (Å²) in [7, 11) is 3.10. The molecule has 0 aliphatic carbocycles. The quantitative estimate of drug-likeness (QED) is 0.618. The summed E-state index contributed by atoms with van der Waals surface area (Å²) in [4.78, 5) is 28.1. The fourth-order valence-electron chi connectivity index (χ4n) is 3.83. The van der Waals surface area contributed by atoms with E-state index in [2.05, 4.69) is 6.58 Å². The summed E-state index contributed by atoms with van der Waals surface area (Å²) in [6, 6.07) is 10.1. The van der Waals surface area contributed by atoms with Gasteiger partial charge in [-0.25, -0.2) is 0 Å². The molecule has 0 unspecified atom stereocenters. The van der Waals surface area contributed by atoms with Crippen LogP contribution >= 0.6 is 0 Å². The molecular formula is C23H21NO5. The third-order valence-corrected chi connectivity index (χ3v) is 5.17. The van der Waals surface area contributed by atoms with Crippen LogP contribution in [0.4, 0.5) is 0 Å². The molecule has 0 radical (unpaired) electrons. The zero-order valence-electron chi connectivity index (χ0n) is 16.5. The molecule has 1 aliphatic rings. The Morgan fingerprint density at radius 3 is 2.55 bits per heavy atom. The first-order valence-corrected chi connectivity index (χ1v) is 9.21. The van der Waals surface area contributed by atoms with Gasteiger partial charge >= 0.3 is 0 Å². The maximum absolute atomic E-state index is 13.4. The minimum absolute atomic E-state index is 0.0768. The lowest BCUT2D eigenvalue weighted by Gasteiger charge is -2.24. The highest BCUT2D eigenvalue weighted by Gasteiger charge is 2.42. The molecule has 1 atom stereocenters. The second-order valence-corrected chi connectivity index (χ2v) is 6.94. The van der Waals surface area contributed by atoms with E-state index in [1.165, 1.54) is 0 Å². The normalized spacial score (nSPS) is 15.5. The molecule has 1 amide bonds. The van der Waals surface area contributed by atoms with Crippen molar-refractivity contribution < 1.29 is 18.7 Å². The molecule has 2 aromatic carbocycles. The molecule has 0 fully saturated rings. The van der Waals surface area contributed by atoms with E-state index in [1.54, 1.807) is 49.5 Å². The van der Waals surface area contributed by atoms with Crippen molar-refractivity contribution in [1.29, 1.82) is 0 Å². The van der Waals surface area contributed by atoms with E-state index >= 15 is 0 Å². The number of aryl methyl sites for hydroxylation is 1. The molecule has 0 N–H and O–H groups in total. The molecule has 6 nitrogen and oxygen atoms in total. The first-order chi connectivity index (χ1) is 14.0. The number of amides is 1. The number of hydrogen-bond acceptors (Lipinski definition) is 5. The molecule has 148 valence electrons. The van der Waals surface area contributed by atoms with Crippen LogP contribution < -0.4 is 14.9 Å². The smallest absolute Gasteiger partial charge is 0.291 e. The van der Waals surface area contributed by atoms with Gasteiger partial charge in [0.05, 0.1) is 31.2 Å². The number of carbonyl (C=O) groups excluding carboxylic acids is 1. The van der Waals surface area contributed by atoms with Crippen LogP contribution in [0.5, 0.6) is 11.5 Å². The second kappa shape index (κ2) is 7.13. The molecule has 2 heterocycles. The van der Waals surface area contributed by atoms with E-state index in [0.29, 0.717) is 28.0 Å². The van der Waals surface area contributed by atoms with E-state index in [-0.39, 0.29) is 23.6 Å². The van der Waals surface area contributed by atoms with Gasteiger partial charge in [0.1, 0.15) is 5.58 Å². The molecular weight excluding hydrogens is 370 g/mol. The number of ether oxygens (including phenoxy) is 2. The summed E-state index contributed by atoms with van der Waals surface area (Å²) < 4.78 is 16.6. The molecule has 3 aromatic rings. The molecule has 29 heavy (non-hydrogen) atoms. The lowest BCUT2D eigenvalue weighted by Crippen LogP contribution is -2.29. The van der Waals surface area contributed by atoms with Crippen LogP contribution in [0, 0.1) is 6.92 Å². The van der Waals surface area contributed by atoms with E-state index < -0.39 is 6.04 Å². The molecule has 0 saturated carbocycles. The van der Waals surface area contributed by atoms with Gasteiger partial charge in [-0.05, 0) is 36.8 Å². The minimum atomic E-state index is -0.600. The summed E-state index contributed by atoms with van der Waals surface area (Å²) in [6.07, 6.45) is 1.63. The molecule has 0 saturated heterocycles. The summed E-state index contributed by atoms with van der Waals surface area (Å²) in [5, 5.41) is 0.461. The Morgan fingerprint density at radius 2 is 1.86 bits per heavy atom. The van der Waals surface area contributed by atoms with Crippen LogP contribution in [0.25, 0.3) is 11.0 Å². The van der Waals surface area contributed by atoms with Gasteiger partial charge < -0.3 is 18.8 Å². The lowest BCUT2D eigenvalue weighted by molar-refractivity contribution is 0.0748. The third kappa shape index (κ3) is 2.88. The largest absolute Gasteiger partial charge is 0.493 e. The van der Waals surface area contributed by atoms with Crippen LogP contribution in [0.3, 0.4) is 0 Å². The van der Waals surface area contributed by atoms with Gasteiger partial charge in [0.2, 0.25) is 5.76 Å². The van der Waals surface area contributed by atoms with E-state index in [9.17, 15) is 9.59 Å². The van der Waals surface area contributed by atoms with Crippen LogP contribution in [0.2, 0.25) is 0 Å². The summed E-state index contributed by atoms with van der Waals surface area (Å²) in [6.45, 7) is 5.94. The van der Waals surface area contributed by atoms with Crippen molar-refractivity contribution in [2.24, 2.45) is 0 Å². The predicted molar refractivity (Wildman–Crippen MR) is 110 cm³/mol. The van der Waals surface area contributed by atoms with Crippen LogP contribution in [-0.2, 0) is 0 Å². The van der Waals surface area contributed by atoms with Crippen LogP contribution in [0.1, 0.15) is 33.3 Å². The molecule has 6 heteroatoms. The fraction of sp³-hybridized carbons (Fsp3) is 0.217. The first-order valence-electron chi connectivity index (χ1n) is 9.21. The van der Waals surface area contributed by atoms with Crippen molar-refractivity contribution in [2.45, 2.75) is 13.0 Å². The Kier molecular flexibility index (Phi) is 4.62. The summed E-state index contributed by atoms with van der Waals surface area (Å²) in [5.74, 6) is 0.829. The average Bonchev–Trinajstić information content (AvgIpc) is 3.00. The van der Waals surface area contributed by atoms with Gasteiger partial charge in [0, 0.05) is 6.54 Å². The van der Waals surface area contributed by atoms with Crippen LogP contribution in [0.15, 0.2) is 58.3 Å². The molecule has 0 spiro atoms. The van der Waals surface area contributed by atoms with Gasteiger partial charge in [-0.15, -0.1) is 6.58 Å². The molecule has 1 aromatic heterocycles. The van der Waals surface area contributed by atoms with Crippen molar-refractivity contribution in [1.82, 2.24) is 4.90 Å². The van der Waals surface area contributed by atoms with Crippen molar-refractivity contribution in [2.75, 3.05) is 20.8 Å². The van der Waals surface area contributed by atoms with Crippen molar-refractivity contribution in [3.05, 3.63) is 81.7 Å². The maximum atomic E-state index is 13.4. The van der Waals surface area contributed by atoms with Gasteiger partial charge in [0.15, 0.2) is 16.9 Å². The highest BCUT2D eigenvalue weighted by Crippen LogP contribution is 2.40. The number of carbonyl (C=O) groups is 1. The van der Waals surface area contributed by atoms with Gasteiger partial charge in [0.25, 0.3) is 5.91 Å². The number of hydrogen-bond donors (Lipinski definition) is 0. The number of fused-ring (bicyclic) bond motifs is 2. The number of rotatable bonds is 5. The van der Waals surface area contributed by atoms with Gasteiger partial charge in [-0.3, -0.25) is 9.59 Å². The Balaban J connectivity index is 2.00. The molecule has 0 bridgehead atoms. The third-order valence-electron chi connectivity index (χ3n) is 5.17. The van der Waals surface area contributed by atoms with Gasteiger partial charge in [-0.1, -0.05) is 23.8 Å². The van der Waals surface area contributed by atoms with Crippen molar-refractivity contribution >= 4 is 16.9 Å². The Hall–Kier alpha value is -3.54. The zero-order valence-corrected chi connectivity index (χ0v) is 16.5. The monoisotopic (exact) mass is 391 g/mol. The highest BCUT2D eigenvalue weighted by molar-refractivity contribution is 5.99. The average molecular weight is 391 g/mol. The molecule has 1 aliphatic heterocycles. The Morgan fingerprint density at radius 1 is 1.10 bits per heavy atom. The maximum Gasteiger partial charge on any atom is 0.291 e. The SMILES string of the molecule is C=CCN1C(=O)c2oc3ccc(C)cc3c(=O)c2[C@@H]1c1ccc(OC)c(OC)c1. The predicted octanol–water partition coefficient (Wildman–Crippen LogP) is 3.85. The summed E-state index contributed by atoms with van der Waals surface area (Å²) >= 11 is 0. The number of methoxy groups -OCH3 is 2.